The van der Waals surface area contributed by atoms with Crippen molar-refractivity contribution in [3.05, 3.63) is 0 Å². The fraction of sp³-hybridized carbons (Fsp3) is 0.889. The Morgan fingerprint density at radius 2 is 0.750 bits per heavy atom. The Kier molecular flexibility index (Phi) is 5.43. The molecule has 0 amide bonds. The van der Waals surface area contributed by atoms with Crippen LogP contribution in [0.15, 0.2) is 0 Å². The summed E-state index contributed by atoms with van der Waals surface area (Å²) in [5.74, 6) is 0. The largest absolute Gasteiger partial charge is 0.309 e. The van der Waals surface area contributed by atoms with Gasteiger partial charge in [-0.15, -0.1) is 0 Å². The van der Waals surface area contributed by atoms with Crippen LogP contribution in [-0.2, 0) is 0 Å². The first-order valence-electron chi connectivity index (χ1n) is 7.71. The van der Waals surface area contributed by atoms with Crippen molar-refractivity contribution in [1.29, 1.82) is 10.8 Å². The molecule has 0 aromatic heterocycles. The summed E-state index contributed by atoms with van der Waals surface area (Å²) in [4.78, 5) is 0. The summed E-state index contributed by atoms with van der Waals surface area (Å²) >= 11 is 0. The maximum atomic E-state index is 8.43. The molecule has 2 heteroatoms. The van der Waals surface area contributed by atoms with E-state index in [0.29, 0.717) is 0 Å². The minimum atomic E-state index is -0.103. The van der Waals surface area contributed by atoms with Crippen LogP contribution in [0.1, 0.15) is 82.1 Å². The lowest BCUT2D eigenvalue weighted by Gasteiger charge is -2.39. The lowest BCUT2D eigenvalue weighted by Crippen LogP contribution is -2.38. The van der Waals surface area contributed by atoms with Crippen LogP contribution in [-0.4, -0.2) is 11.4 Å². The second-order valence-electron chi connectivity index (χ2n) is 9.52. The molecule has 0 heterocycles. The van der Waals surface area contributed by atoms with Gasteiger partial charge in [0, 0.05) is 33.1 Å². The van der Waals surface area contributed by atoms with Gasteiger partial charge in [-0.2, -0.15) is 0 Å². The molecule has 0 aliphatic carbocycles. The van der Waals surface area contributed by atoms with Gasteiger partial charge in [-0.1, -0.05) is 69.2 Å². The molecular formula is C18H36N2. The topological polar surface area (TPSA) is 47.7 Å². The normalized spacial score (nSPS) is 14.3. The predicted octanol–water partition coefficient (Wildman–Crippen LogP) is 5.95. The zero-order valence-electron chi connectivity index (χ0n) is 15.4. The van der Waals surface area contributed by atoms with Crippen molar-refractivity contribution in [3.8, 4) is 0 Å². The first-order valence-corrected chi connectivity index (χ1v) is 7.71. The number of hydrogen-bond donors (Lipinski definition) is 2. The quantitative estimate of drug-likeness (QED) is 0.585. The van der Waals surface area contributed by atoms with Crippen LogP contribution in [0.2, 0.25) is 0 Å². The van der Waals surface area contributed by atoms with Gasteiger partial charge >= 0.3 is 0 Å². The molecule has 2 N–H and O–H groups in total. The van der Waals surface area contributed by atoms with Crippen molar-refractivity contribution in [1.82, 2.24) is 0 Å². The standard InChI is InChI=1S/C18H36N2/c1-15(2,3)13(19)17(7,8)11-12-18(9,10)14(20)16(4,5)6/h19-20H,11-12H2,1-10H3. The van der Waals surface area contributed by atoms with Gasteiger partial charge in [0.2, 0.25) is 0 Å². The summed E-state index contributed by atoms with van der Waals surface area (Å²) in [6, 6.07) is 0. The Bertz CT molecular complexity index is 335. The lowest BCUT2D eigenvalue weighted by molar-refractivity contribution is 0.328. The van der Waals surface area contributed by atoms with Crippen LogP contribution < -0.4 is 0 Å². The van der Waals surface area contributed by atoms with Gasteiger partial charge in [-0.05, 0) is 12.8 Å². The van der Waals surface area contributed by atoms with E-state index in [1.54, 1.807) is 0 Å². The summed E-state index contributed by atoms with van der Waals surface area (Å²) in [5.41, 5.74) is 1.25. The molecule has 0 fully saturated rings. The Morgan fingerprint density at radius 1 is 0.550 bits per heavy atom. The molecule has 0 radical (unpaired) electrons. The molecule has 0 saturated carbocycles. The van der Waals surface area contributed by atoms with Gasteiger partial charge in [0.25, 0.3) is 0 Å². The summed E-state index contributed by atoms with van der Waals surface area (Å²) in [7, 11) is 0. The van der Waals surface area contributed by atoms with Crippen LogP contribution >= 0.6 is 0 Å². The van der Waals surface area contributed by atoms with E-state index >= 15 is 0 Å². The Hall–Kier alpha value is -0.660. The van der Waals surface area contributed by atoms with Crippen molar-refractivity contribution in [2.24, 2.45) is 21.7 Å². The van der Waals surface area contributed by atoms with Crippen molar-refractivity contribution in [2.75, 3.05) is 0 Å². The van der Waals surface area contributed by atoms with Crippen molar-refractivity contribution in [2.45, 2.75) is 82.1 Å². The highest BCUT2D eigenvalue weighted by Crippen LogP contribution is 2.39. The van der Waals surface area contributed by atoms with Crippen molar-refractivity contribution >= 4 is 11.4 Å². The average molecular weight is 280 g/mol. The lowest BCUT2D eigenvalue weighted by atomic mass is 9.66. The van der Waals surface area contributed by atoms with Crippen LogP contribution in [0.4, 0.5) is 0 Å². The molecule has 0 aromatic rings. The molecule has 0 aliphatic heterocycles. The van der Waals surface area contributed by atoms with Crippen LogP contribution in [0.25, 0.3) is 0 Å². The maximum absolute atomic E-state index is 8.43. The van der Waals surface area contributed by atoms with Crippen molar-refractivity contribution < 1.29 is 0 Å². The minimum absolute atomic E-state index is 0.0782. The van der Waals surface area contributed by atoms with Gasteiger partial charge < -0.3 is 10.8 Å². The fourth-order valence-corrected chi connectivity index (χ4v) is 2.91. The molecule has 0 aliphatic rings. The Labute approximate surface area is 126 Å². The Balaban J connectivity index is 4.94. The monoisotopic (exact) mass is 280 g/mol. The van der Waals surface area contributed by atoms with Crippen molar-refractivity contribution in [3.63, 3.8) is 0 Å². The van der Waals surface area contributed by atoms with E-state index in [4.69, 9.17) is 10.8 Å². The molecule has 2 nitrogen and oxygen atoms in total. The maximum Gasteiger partial charge on any atom is 0.0199 e. The highest BCUT2D eigenvalue weighted by atomic mass is 14.6. The third-order valence-corrected chi connectivity index (χ3v) is 4.23. The van der Waals surface area contributed by atoms with Crippen LogP contribution in [0.3, 0.4) is 0 Å². The predicted molar refractivity (Wildman–Crippen MR) is 91.2 cm³/mol. The molecule has 0 aromatic carbocycles. The van der Waals surface area contributed by atoms with E-state index in [2.05, 4.69) is 69.2 Å². The minimum Gasteiger partial charge on any atom is -0.309 e. The molecule has 0 saturated heterocycles. The molecule has 0 rings (SSSR count). The molecule has 0 unspecified atom stereocenters. The third kappa shape index (κ3) is 5.03. The number of rotatable bonds is 5. The second kappa shape index (κ2) is 5.61. The van der Waals surface area contributed by atoms with E-state index in [1.165, 1.54) is 0 Å². The zero-order valence-corrected chi connectivity index (χ0v) is 15.4. The van der Waals surface area contributed by atoms with Gasteiger partial charge in [0.05, 0.1) is 0 Å². The summed E-state index contributed by atoms with van der Waals surface area (Å²) in [6.45, 7) is 21.3. The van der Waals surface area contributed by atoms with E-state index in [-0.39, 0.29) is 21.7 Å². The Morgan fingerprint density at radius 3 is 0.900 bits per heavy atom. The van der Waals surface area contributed by atoms with E-state index in [1.807, 2.05) is 0 Å². The van der Waals surface area contributed by atoms with Gasteiger partial charge in [0.1, 0.15) is 0 Å². The van der Waals surface area contributed by atoms with E-state index in [0.717, 1.165) is 24.3 Å². The highest BCUT2D eigenvalue weighted by Gasteiger charge is 2.37. The van der Waals surface area contributed by atoms with Gasteiger partial charge in [0.15, 0.2) is 0 Å². The average Bonchev–Trinajstić information content (AvgIpc) is 2.22. The summed E-state index contributed by atoms with van der Waals surface area (Å²) in [5, 5.41) is 16.9. The summed E-state index contributed by atoms with van der Waals surface area (Å²) in [6.07, 6.45) is 1.91. The van der Waals surface area contributed by atoms with E-state index < -0.39 is 0 Å². The third-order valence-electron chi connectivity index (χ3n) is 4.23. The summed E-state index contributed by atoms with van der Waals surface area (Å²) < 4.78 is 0. The van der Waals surface area contributed by atoms with Crippen LogP contribution in [0, 0.1) is 32.5 Å². The van der Waals surface area contributed by atoms with E-state index in [9.17, 15) is 0 Å². The number of hydrogen-bond acceptors (Lipinski definition) is 2. The molecule has 0 bridgehead atoms. The van der Waals surface area contributed by atoms with Crippen LogP contribution in [0.5, 0.6) is 0 Å². The fourth-order valence-electron chi connectivity index (χ4n) is 2.91. The first kappa shape index (κ1) is 19.3. The number of nitrogens with one attached hydrogen (secondary N) is 2. The molecule has 0 atom stereocenters. The highest BCUT2D eigenvalue weighted by molar-refractivity contribution is 5.92. The molecule has 0 spiro atoms. The zero-order chi connectivity index (χ0) is 16.6. The second-order valence-corrected chi connectivity index (χ2v) is 9.52. The molecular weight excluding hydrogens is 244 g/mol. The SMILES string of the molecule is CC(C)(C)C(=N)C(C)(C)CCC(C)(C)C(=N)C(C)(C)C. The molecule has 20 heavy (non-hydrogen) atoms. The molecule has 118 valence electrons. The van der Waals surface area contributed by atoms with Gasteiger partial charge in [-0.3, -0.25) is 0 Å². The van der Waals surface area contributed by atoms with Gasteiger partial charge in [-0.25, -0.2) is 0 Å². The smallest absolute Gasteiger partial charge is 0.0199 e. The first-order chi connectivity index (χ1) is 8.52.